The number of aliphatic hydroxyl groups is 1. The molecule has 1 aromatic carbocycles. The third-order valence-electron chi connectivity index (χ3n) is 3.23. The van der Waals surface area contributed by atoms with Gasteiger partial charge in [-0.25, -0.2) is 0 Å². The number of hydrogen-bond acceptors (Lipinski definition) is 2. The lowest BCUT2D eigenvalue weighted by molar-refractivity contribution is -0.130. The number of nitrogens with zero attached hydrogens (tertiary/aromatic N) is 1. The molecule has 1 amide bonds. The predicted octanol–water partition coefficient (Wildman–Crippen LogP) is 3.17. The molecule has 0 saturated heterocycles. The van der Waals surface area contributed by atoms with Gasteiger partial charge < -0.3 is 10.0 Å². The van der Waals surface area contributed by atoms with Crippen LogP contribution in [0, 0.1) is 0 Å². The minimum atomic E-state index is -0.362. The summed E-state index contributed by atoms with van der Waals surface area (Å²) >= 11 is 3.40. The average molecular weight is 328 g/mol. The monoisotopic (exact) mass is 327 g/mol. The number of halogens is 1. The summed E-state index contributed by atoms with van der Waals surface area (Å²) in [6, 6.07) is 8.07. The zero-order valence-corrected chi connectivity index (χ0v) is 13.4. The Bertz CT molecular complexity index is 403. The second-order valence-electron chi connectivity index (χ2n) is 5.11. The number of amides is 1. The number of hydrogen-bond donors (Lipinski definition) is 1. The summed E-state index contributed by atoms with van der Waals surface area (Å²) in [7, 11) is 1.79. The molecule has 2 atom stereocenters. The van der Waals surface area contributed by atoms with Crippen LogP contribution in [-0.2, 0) is 4.79 Å². The van der Waals surface area contributed by atoms with Crippen molar-refractivity contribution in [3.05, 3.63) is 34.3 Å². The Hall–Kier alpha value is -0.870. The van der Waals surface area contributed by atoms with Gasteiger partial charge >= 0.3 is 0 Å². The Morgan fingerprint density at radius 2 is 1.89 bits per heavy atom. The van der Waals surface area contributed by atoms with Gasteiger partial charge in [-0.15, -0.1) is 0 Å². The van der Waals surface area contributed by atoms with Gasteiger partial charge in [0.05, 0.1) is 6.10 Å². The first-order valence-corrected chi connectivity index (χ1v) is 7.37. The molecule has 0 aromatic heterocycles. The molecule has 0 aliphatic carbocycles. The van der Waals surface area contributed by atoms with E-state index in [1.54, 1.807) is 18.9 Å². The molecule has 2 unspecified atom stereocenters. The molecule has 0 bridgehead atoms. The average Bonchev–Trinajstić information content (AvgIpc) is 2.36. The fraction of sp³-hybridized carbons (Fsp3) is 0.533. The Kier molecular flexibility index (Phi) is 6.52. The van der Waals surface area contributed by atoms with E-state index in [1.165, 1.54) is 5.56 Å². The van der Waals surface area contributed by atoms with Gasteiger partial charge in [0.1, 0.15) is 0 Å². The molecule has 0 radical (unpaired) electrons. The van der Waals surface area contributed by atoms with E-state index >= 15 is 0 Å². The normalized spacial score (nSPS) is 13.9. The molecule has 4 heteroatoms. The molecule has 1 N–H and O–H groups in total. The number of benzene rings is 1. The van der Waals surface area contributed by atoms with Crippen LogP contribution in [-0.4, -0.2) is 35.6 Å². The minimum absolute atomic E-state index is 0.121. The third kappa shape index (κ3) is 5.74. The van der Waals surface area contributed by atoms with Crippen LogP contribution in [0.1, 0.15) is 38.2 Å². The highest BCUT2D eigenvalue weighted by Crippen LogP contribution is 2.21. The second kappa shape index (κ2) is 7.65. The molecular formula is C15H22BrNO2. The Morgan fingerprint density at radius 3 is 2.42 bits per heavy atom. The topological polar surface area (TPSA) is 40.5 Å². The van der Waals surface area contributed by atoms with E-state index in [4.69, 9.17) is 0 Å². The van der Waals surface area contributed by atoms with Crippen molar-refractivity contribution in [1.29, 1.82) is 0 Å². The van der Waals surface area contributed by atoms with Crippen LogP contribution >= 0.6 is 15.9 Å². The summed E-state index contributed by atoms with van der Waals surface area (Å²) in [6.45, 7) is 4.40. The SMILES string of the molecule is CC(O)CCN(C)C(=O)CC(C)c1ccc(Br)cc1. The first kappa shape index (κ1) is 16.2. The standard InChI is InChI=1S/C15H22BrNO2/c1-11(13-4-6-14(16)7-5-13)10-15(19)17(3)9-8-12(2)18/h4-7,11-12,18H,8-10H2,1-3H3. The minimum Gasteiger partial charge on any atom is -0.393 e. The van der Waals surface area contributed by atoms with Gasteiger partial charge in [0.15, 0.2) is 0 Å². The van der Waals surface area contributed by atoms with Gasteiger partial charge in [-0.2, -0.15) is 0 Å². The fourth-order valence-corrected chi connectivity index (χ4v) is 2.10. The maximum Gasteiger partial charge on any atom is 0.222 e. The van der Waals surface area contributed by atoms with Crippen molar-refractivity contribution < 1.29 is 9.90 Å². The molecule has 0 spiro atoms. The number of rotatable bonds is 6. The maximum absolute atomic E-state index is 12.0. The predicted molar refractivity (Wildman–Crippen MR) is 81.1 cm³/mol. The van der Waals surface area contributed by atoms with Gasteiger partial charge in [-0.05, 0) is 37.0 Å². The summed E-state index contributed by atoms with van der Waals surface area (Å²) in [4.78, 5) is 13.7. The molecule has 0 fully saturated rings. The van der Waals surface area contributed by atoms with E-state index in [-0.39, 0.29) is 17.9 Å². The second-order valence-corrected chi connectivity index (χ2v) is 6.03. The van der Waals surface area contributed by atoms with Crippen molar-refractivity contribution in [1.82, 2.24) is 4.90 Å². The van der Waals surface area contributed by atoms with Crippen molar-refractivity contribution in [2.24, 2.45) is 0 Å². The maximum atomic E-state index is 12.0. The molecule has 0 saturated carbocycles. The van der Waals surface area contributed by atoms with E-state index < -0.39 is 0 Å². The van der Waals surface area contributed by atoms with E-state index in [0.29, 0.717) is 19.4 Å². The Labute approximate surface area is 123 Å². The summed E-state index contributed by atoms with van der Waals surface area (Å²) in [6.07, 6.45) is 0.756. The van der Waals surface area contributed by atoms with Crippen molar-refractivity contribution in [2.75, 3.05) is 13.6 Å². The van der Waals surface area contributed by atoms with Crippen LogP contribution in [0.5, 0.6) is 0 Å². The lowest BCUT2D eigenvalue weighted by atomic mass is 9.97. The summed E-state index contributed by atoms with van der Waals surface area (Å²) in [5.41, 5.74) is 1.17. The van der Waals surface area contributed by atoms with Gasteiger partial charge in [0.2, 0.25) is 5.91 Å². The van der Waals surface area contributed by atoms with E-state index in [1.807, 2.05) is 24.3 Å². The molecule has 0 aliphatic heterocycles. The zero-order chi connectivity index (χ0) is 14.4. The molecule has 1 rings (SSSR count). The van der Waals surface area contributed by atoms with Gasteiger partial charge in [0.25, 0.3) is 0 Å². The first-order chi connectivity index (χ1) is 8.90. The van der Waals surface area contributed by atoms with Crippen molar-refractivity contribution in [3.8, 4) is 0 Å². The van der Waals surface area contributed by atoms with Gasteiger partial charge in [-0.1, -0.05) is 35.0 Å². The van der Waals surface area contributed by atoms with Gasteiger partial charge in [0, 0.05) is 24.5 Å². The molecule has 1 aromatic rings. The highest BCUT2D eigenvalue weighted by molar-refractivity contribution is 9.10. The number of aliphatic hydroxyl groups excluding tert-OH is 1. The van der Waals surface area contributed by atoms with E-state index in [2.05, 4.69) is 22.9 Å². The van der Waals surface area contributed by atoms with E-state index in [9.17, 15) is 9.90 Å². The summed E-state index contributed by atoms with van der Waals surface area (Å²) in [5, 5.41) is 9.23. The van der Waals surface area contributed by atoms with Crippen LogP contribution in [0.15, 0.2) is 28.7 Å². The van der Waals surface area contributed by atoms with Gasteiger partial charge in [-0.3, -0.25) is 4.79 Å². The number of carbonyl (C=O) groups excluding carboxylic acids is 1. The summed E-state index contributed by atoms with van der Waals surface area (Å²) in [5.74, 6) is 0.325. The zero-order valence-electron chi connectivity index (χ0n) is 11.8. The number of carbonyl (C=O) groups is 1. The molecular weight excluding hydrogens is 306 g/mol. The van der Waals surface area contributed by atoms with Crippen LogP contribution in [0.2, 0.25) is 0 Å². The van der Waals surface area contributed by atoms with E-state index in [0.717, 1.165) is 4.47 Å². The third-order valence-corrected chi connectivity index (χ3v) is 3.76. The smallest absolute Gasteiger partial charge is 0.222 e. The highest BCUT2D eigenvalue weighted by atomic mass is 79.9. The summed E-state index contributed by atoms with van der Waals surface area (Å²) < 4.78 is 1.05. The Morgan fingerprint density at radius 1 is 1.32 bits per heavy atom. The molecule has 106 valence electrons. The lowest BCUT2D eigenvalue weighted by Crippen LogP contribution is -2.30. The Balaban J connectivity index is 2.49. The van der Waals surface area contributed by atoms with Crippen molar-refractivity contribution in [3.63, 3.8) is 0 Å². The quantitative estimate of drug-likeness (QED) is 0.871. The largest absolute Gasteiger partial charge is 0.393 e. The first-order valence-electron chi connectivity index (χ1n) is 6.57. The molecule has 0 heterocycles. The lowest BCUT2D eigenvalue weighted by Gasteiger charge is -2.20. The van der Waals surface area contributed by atoms with Crippen LogP contribution in [0.3, 0.4) is 0 Å². The van der Waals surface area contributed by atoms with Crippen molar-refractivity contribution >= 4 is 21.8 Å². The molecule has 0 aliphatic rings. The molecule has 3 nitrogen and oxygen atoms in total. The van der Waals surface area contributed by atoms with Crippen molar-refractivity contribution in [2.45, 2.75) is 38.7 Å². The van der Waals surface area contributed by atoms with Crippen LogP contribution < -0.4 is 0 Å². The van der Waals surface area contributed by atoms with Crippen LogP contribution in [0.25, 0.3) is 0 Å². The molecule has 19 heavy (non-hydrogen) atoms. The van der Waals surface area contributed by atoms with Crippen LogP contribution in [0.4, 0.5) is 0 Å². The fourth-order valence-electron chi connectivity index (χ4n) is 1.83. The highest BCUT2D eigenvalue weighted by Gasteiger charge is 2.15.